The van der Waals surface area contributed by atoms with Crippen molar-refractivity contribution in [2.45, 2.75) is 38.6 Å². The first kappa shape index (κ1) is 19.1. The van der Waals surface area contributed by atoms with Gasteiger partial charge in [0.25, 0.3) is 0 Å². The first-order valence-electron chi connectivity index (χ1n) is 8.10. The van der Waals surface area contributed by atoms with Gasteiger partial charge in [-0.25, -0.2) is 0 Å². The molecule has 1 aliphatic rings. The fourth-order valence-electron chi connectivity index (χ4n) is 2.20. The highest BCUT2D eigenvalue weighted by atomic mass is 127. The minimum absolute atomic E-state index is 0. The van der Waals surface area contributed by atoms with Crippen LogP contribution in [0.5, 0.6) is 0 Å². The second-order valence-electron chi connectivity index (χ2n) is 5.64. The largest absolute Gasteiger partial charge is 0.375 e. The summed E-state index contributed by atoms with van der Waals surface area (Å²) in [6.07, 6.45) is 4.86. The topological polar surface area (TPSA) is 39.7 Å². The lowest BCUT2D eigenvalue weighted by Gasteiger charge is -2.18. The van der Waals surface area contributed by atoms with Crippen LogP contribution in [0.15, 0.2) is 35.3 Å². The van der Waals surface area contributed by atoms with Crippen LogP contribution in [0.4, 0.5) is 5.69 Å². The van der Waals surface area contributed by atoms with Gasteiger partial charge in [-0.3, -0.25) is 4.99 Å². The molecule has 124 valence electrons. The standard InChI is InChI=1S/C17H28N4.HI/c1-3-18-17(20-15-11-12-15)19-13-7-8-14-21(2)16-9-5-4-6-10-16;/h4-6,9-10,15H,3,7-8,11-14H2,1-2H3,(H2,18,19,20);1H. The van der Waals surface area contributed by atoms with Gasteiger partial charge in [0.2, 0.25) is 0 Å². The summed E-state index contributed by atoms with van der Waals surface area (Å²) in [4.78, 5) is 6.94. The molecule has 5 heteroatoms. The molecular weight excluding hydrogens is 387 g/mol. The van der Waals surface area contributed by atoms with Crippen molar-refractivity contribution < 1.29 is 0 Å². The molecule has 0 amide bonds. The molecule has 1 aromatic rings. The maximum Gasteiger partial charge on any atom is 0.191 e. The second kappa shape index (κ2) is 10.7. The Morgan fingerprint density at radius 3 is 2.59 bits per heavy atom. The Bertz CT molecular complexity index is 432. The number of para-hydroxylation sites is 1. The van der Waals surface area contributed by atoms with Gasteiger partial charge >= 0.3 is 0 Å². The molecule has 0 spiro atoms. The van der Waals surface area contributed by atoms with Crippen molar-refractivity contribution in [3.8, 4) is 0 Å². The fourth-order valence-corrected chi connectivity index (χ4v) is 2.20. The number of guanidine groups is 1. The SMILES string of the molecule is CCNC(=NCCCCN(C)c1ccccc1)NC1CC1.I. The Kier molecular flexibility index (Phi) is 9.27. The average Bonchev–Trinajstić information content (AvgIpc) is 3.31. The van der Waals surface area contributed by atoms with Crippen molar-refractivity contribution in [2.24, 2.45) is 4.99 Å². The van der Waals surface area contributed by atoms with Gasteiger partial charge in [-0.15, -0.1) is 24.0 Å². The molecule has 2 N–H and O–H groups in total. The van der Waals surface area contributed by atoms with E-state index < -0.39 is 0 Å². The number of aliphatic imine (C=N–C) groups is 1. The Morgan fingerprint density at radius 2 is 1.95 bits per heavy atom. The molecular formula is C17H29IN4. The average molecular weight is 416 g/mol. The molecule has 2 rings (SSSR count). The first-order valence-corrected chi connectivity index (χ1v) is 8.10. The van der Waals surface area contributed by atoms with E-state index >= 15 is 0 Å². The molecule has 1 saturated carbocycles. The Labute approximate surface area is 151 Å². The van der Waals surface area contributed by atoms with Crippen LogP contribution in [0.1, 0.15) is 32.6 Å². The van der Waals surface area contributed by atoms with Crippen LogP contribution < -0.4 is 15.5 Å². The number of hydrogen-bond acceptors (Lipinski definition) is 2. The van der Waals surface area contributed by atoms with Gasteiger partial charge in [0.15, 0.2) is 5.96 Å². The molecule has 0 bridgehead atoms. The van der Waals surface area contributed by atoms with Crippen molar-refractivity contribution in [2.75, 3.05) is 31.6 Å². The summed E-state index contributed by atoms with van der Waals surface area (Å²) in [5.74, 6) is 0.983. The van der Waals surface area contributed by atoms with Crippen LogP contribution >= 0.6 is 24.0 Å². The van der Waals surface area contributed by atoms with E-state index in [1.54, 1.807) is 0 Å². The van der Waals surface area contributed by atoms with Crippen LogP contribution in [0, 0.1) is 0 Å². The van der Waals surface area contributed by atoms with Crippen molar-refractivity contribution in [3.63, 3.8) is 0 Å². The van der Waals surface area contributed by atoms with E-state index in [4.69, 9.17) is 0 Å². The summed E-state index contributed by atoms with van der Waals surface area (Å²) in [5, 5.41) is 6.75. The van der Waals surface area contributed by atoms with Gasteiger partial charge in [-0.05, 0) is 44.7 Å². The van der Waals surface area contributed by atoms with Crippen molar-refractivity contribution in [1.29, 1.82) is 0 Å². The number of halogens is 1. The van der Waals surface area contributed by atoms with E-state index in [1.807, 2.05) is 0 Å². The molecule has 0 heterocycles. The number of nitrogens with zero attached hydrogens (tertiary/aromatic N) is 2. The number of benzene rings is 1. The molecule has 1 aliphatic carbocycles. The lowest BCUT2D eigenvalue weighted by molar-refractivity contribution is 0.719. The summed E-state index contributed by atoms with van der Waals surface area (Å²) in [7, 11) is 2.15. The molecule has 0 unspecified atom stereocenters. The normalized spacial score (nSPS) is 14.2. The zero-order valence-electron chi connectivity index (χ0n) is 13.7. The maximum atomic E-state index is 4.64. The van der Waals surface area contributed by atoms with Crippen molar-refractivity contribution in [3.05, 3.63) is 30.3 Å². The third-order valence-corrected chi connectivity index (χ3v) is 3.63. The second-order valence-corrected chi connectivity index (χ2v) is 5.64. The van der Waals surface area contributed by atoms with Gasteiger partial charge in [-0.2, -0.15) is 0 Å². The van der Waals surface area contributed by atoms with Gasteiger partial charge in [0.1, 0.15) is 0 Å². The van der Waals surface area contributed by atoms with Crippen molar-refractivity contribution >= 4 is 35.6 Å². The number of nitrogens with one attached hydrogen (secondary N) is 2. The molecule has 22 heavy (non-hydrogen) atoms. The van der Waals surface area contributed by atoms with Gasteiger partial charge in [-0.1, -0.05) is 18.2 Å². The molecule has 1 aromatic carbocycles. The quantitative estimate of drug-likeness (QED) is 0.296. The number of rotatable bonds is 8. The summed E-state index contributed by atoms with van der Waals surface area (Å²) < 4.78 is 0. The number of hydrogen-bond donors (Lipinski definition) is 2. The summed E-state index contributed by atoms with van der Waals surface area (Å²) >= 11 is 0. The molecule has 0 atom stereocenters. The van der Waals surface area contributed by atoms with Crippen molar-refractivity contribution in [1.82, 2.24) is 10.6 Å². The Hall–Kier alpha value is -0.980. The molecule has 0 radical (unpaired) electrons. The van der Waals surface area contributed by atoms with Crippen LogP contribution in [0.2, 0.25) is 0 Å². The van der Waals surface area contributed by atoms with Gasteiger partial charge in [0.05, 0.1) is 0 Å². The smallest absolute Gasteiger partial charge is 0.191 e. The van der Waals surface area contributed by atoms with E-state index in [2.05, 4.69) is 64.8 Å². The van der Waals surface area contributed by atoms with E-state index in [1.165, 1.54) is 18.5 Å². The molecule has 1 fully saturated rings. The maximum absolute atomic E-state index is 4.64. The third-order valence-electron chi connectivity index (χ3n) is 3.63. The number of unbranched alkanes of at least 4 members (excludes halogenated alkanes) is 1. The minimum atomic E-state index is 0. The highest BCUT2D eigenvalue weighted by molar-refractivity contribution is 14.0. The van der Waals surface area contributed by atoms with Gasteiger partial charge < -0.3 is 15.5 Å². The van der Waals surface area contributed by atoms with Crippen LogP contribution in [0.25, 0.3) is 0 Å². The van der Waals surface area contributed by atoms with Crippen LogP contribution in [-0.4, -0.2) is 38.7 Å². The zero-order valence-corrected chi connectivity index (χ0v) is 16.0. The lowest BCUT2D eigenvalue weighted by atomic mass is 10.2. The molecule has 0 saturated heterocycles. The monoisotopic (exact) mass is 416 g/mol. The van der Waals surface area contributed by atoms with E-state index in [0.717, 1.165) is 38.4 Å². The summed E-state index contributed by atoms with van der Waals surface area (Å²) in [6.45, 7) is 5.00. The fraction of sp³-hybridized carbons (Fsp3) is 0.588. The van der Waals surface area contributed by atoms with E-state index in [9.17, 15) is 0 Å². The molecule has 0 aromatic heterocycles. The third kappa shape index (κ3) is 7.33. The summed E-state index contributed by atoms with van der Waals surface area (Å²) in [6, 6.07) is 11.2. The first-order chi connectivity index (χ1) is 10.3. The van der Waals surface area contributed by atoms with E-state index in [0.29, 0.717) is 6.04 Å². The van der Waals surface area contributed by atoms with Crippen LogP contribution in [0.3, 0.4) is 0 Å². The molecule has 4 nitrogen and oxygen atoms in total. The Balaban J connectivity index is 0.00000242. The predicted molar refractivity (Wildman–Crippen MR) is 106 cm³/mol. The highest BCUT2D eigenvalue weighted by Gasteiger charge is 2.21. The Morgan fingerprint density at radius 1 is 1.23 bits per heavy atom. The minimum Gasteiger partial charge on any atom is -0.375 e. The summed E-state index contributed by atoms with van der Waals surface area (Å²) in [5.41, 5.74) is 1.28. The number of anilines is 1. The lowest BCUT2D eigenvalue weighted by Crippen LogP contribution is -2.38. The molecule has 0 aliphatic heterocycles. The van der Waals surface area contributed by atoms with E-state index in [-0.39, 0.29) is 24.0 Å². The predicted octanol–water partition coefficient (Wildman–Crippen LogP) is 3.24. The zero-order chi connectivity index (χ0) is 14.9. The van der Waals surface area contributed by atoms with Gasteiger partial charge in [0, 0.05) is 38.4 Å². The van der Waals surface area contributed by atoms with Crippen LogP contribution in [-0.2, 0) is 0 Å². The highest BCUT2D eigenvalue weighted by Crippen LogP contribution is 2.18.